The van der Waals surface area contributed by atoms with Gasteiger partial charge in [-0.05, 0) is 0 Å². The topological polar surface area (TPSA) is 116 Å². The Kier molecular flexibility index (Phi) is 9.98. The van der Waals surface area contributed by atoms with Crippen LogP contribution in [0.2, 0.25) is 0 Å². The molecule has 0 bridgehead atoms. The maximum absolute atomic E-state index is 13.5. The summed E-state index contributed by atoms with van der Waals surface area (Å²) in [5, 5.41) is -5.74. The molecule has 0 unspecified atom stereocenters. The van der Waals surface area contributed by atoms with Crippen LogP contribution in [0.15, 0.2) is 48.5 Å². The number of ether oxygens (including phenoxy) is 3. The summed E-state index contributed by atoms with van der Waals surface area (Å²) in [6, 6.07) is 13.2. The second kappa shape index (κ2) is 12.0. The van der Waals surface area contributed by atoms with Crippen LogP contribution < -0.4 is 16.7 Å². The van der Waals surface area contributed by atoms with Gasteiger partial charge in [-0.25, -0.2) is 0 Å². The van der Waals surface area contributed by atoms with Crippen molar-refractivity contribution in [3.05, 3.63) is 48.5 Å². The number of carbonyl (C=O) groups is 2. The van der Waals surface area contributed by atoms with Gasteiger partial charge in [0.05, 0.1) is 0 Å². The quantitative estimate of drug-likeness (QED) is 0.128. The first-order valence-electron chi connectivity index (χ1n) is 10.6. The molecule has 2 rings (SSSR count). The van der Waals surface area contributed by atoms with E-state index in [4.69, 9.17) is 18.8 Å². The third-order valence-electron chi connectivity index (χ3n) is 4.28. The van der Waals surface area contributed by atoms with Crippen LogP contribution in [0.3, 0.4) is 0 Å². The molecule has 2 aromatic carbocycles. The van der Waals surface area contributed by atoms with E-state index in [1.807, 2.05) is 12.1 Å². The van der Waals surface area contributed by atoms with Gasteiger partial charge in [0, 0.05) is 0 Å². The molecule has 0 heterocycles. The van der Waals surface area contributed by atoms with E-state index in [-0.39, 0.29) is 12.4 Å². The number of rotatable bonds is 11. The van der Waals surface area contributed by atoms with Gasteiger partial charge in [-0.1, -0.05) is 0 Å². The van der Waals surface area contributed by atoms with Crippen LogP contribution in [0.5, 0.6) is 11.5 Å². The number of benzene rings is 2. The molecular formula is C23H24F4O8STe. The van der Waals surface area contributed by atoms with Crippen LogP contribution >= 0.6 is 0 Å². The van der Waals surface area contributed by atoms with Gasteiger partial charge in [-0.3, -0.25) is 0 Å². The standard InChI is InChI=1S/C23H24F4O8STe/c1-21(2,3)35-20(29)14-33-15-4-8-17(9-5-15)37-18-10-6-16(7-11-18)34-19(28)12-13-22(24,25)23(26,27)36(30,31)32/h4-11H,12-14H2,1-3H3,(H,30,31,32). The van der Waals surface area contributed by atoms with Gasteiger partial charge in [-0.2, -0.15) is 0 Å². The van der Waals surface area contributed by atoms with Crippen molar-refractivity contribution in [1.82, 2.24) is 0 Å². The zero-order valence-corrected chi connectivity index (χ0v) is 23.0. The fraction of sp³-hybridized carbons (Fsp3) is 0.391. The van der Waals surface area contributed by atoms with Gasteiger partial charge in [0.15, 0.2) is 0 Å². The first kappa shape index (κ1) is 30.8. The van der Waals surface area contributed by atoms with E-state index < -0.39 is 72.6 Å². The molecule has 0 aromatic heterocycles. The molecule has 37 heavy (non-hydrogen) atoms. The molecule has 0 fully saturated rings. The van der Waals surface area contributed by atoms with Crippen molar-refractivity contribution in [3.63, 3.8) is 0 Å². The summed E-state index contributed by atoms with van der Waals surface area (Å²) >= 11 is -0.863. The summed E-state index contributed by atoms with van der Waals surface area (Å²) in [6.45, 7) is 5.03. The van der Waals surface area contributed by atoms with E-state index in [0.717, 1.165) is 7.22 Å². The van der Waals surface area contributed by atoms with Crippen LogP contribution in [-0.2, 0) is 24.4 Å². The van der Waals surface area contributed by atoms with E-state index in [1.54, 1.807) is 45.0 Å². The normalized spacial score (nSPS) is 12.6. The fourth-order valence-electron chi connectivity index (χ4n) is 2.60. The predicted octanol–water partition coefficient (Wildman–Crippen LogP) is 2.86. The summed E-state index contributed by atoms with van der Waals surface area (Å²) in [7, 11) is -6.37. The van der Waals surface area contributed by atoms with Gasteiger partial charge >= 0.3 is 222 Å². The van der Waals surface area contributed by atoms with Crippen molar-refractivity contribution in [2.75, 3.05) is 6.61 Å². The number of hydrogen-bond acceptors (Lipinski definition) is 7. The van der Waals surface area contributed by atoms with Crippen molar-refractivity contribution in [2.45, 2.75) is 50.4 Å². The molecule has 0 saturated heterocycles. The molecule has 0 spiro atoms. The minimum absolute atomic E-state index is 0.0167. The second-order valence-electron chi connectivity index (χ2n) is 8.59. The Morgan fingerprint density at radius 3 is 1.81 bits per heavy atom. The molecule has 0 atom stereocenters. The van der Waals surface area contributed by atoms with Gasteiger partial charge in [-0.15, -0.1) is 0 Å². The molecule has 204 valence electrons. The van der Waals surface area contributed by atoms with Crippen molar-refractivity contribution in [3.8, 4) is 11.5 Å². The average Bonchev–Trinajstić information content (AvgIpc) is 2.76. The Hall–Kier alpha value is -2.40. The van der Waals surface area contributed by atoms with Gasteiger partial charge < -0.3 is 0 Å². The Labute approximate surface area is 221 Å². The van der Waals surface area contributed by atoms with E-state index >= 15 is 0 Å². The molecule has 0 aliphatic rings. The van der Waals surface area contributed by atoms with Crippen LogP contribution in [0, 0.1) is 0 Å². The second-order valence-corrected chi connectivity index (χ2v) is 13.3. The van der Waals surface area contributed by atoms with Crippen LogP contribution in [0.4, 0.5) is 17.6 Å². The molecule has 0 aliphatic carbocycles. The monoisotopic (exact) mass is 666 g/mol. The summed E-state index contributed by atoms with van der Waals surface area (Å²) in [5.41, 5.74) is -0.610. The molecule has 0 amide bonds. The van der Waals surface area contributed by atoms with Gasteiger partial charge in [0.2, 0.25) is 0 Å². The summed E-state index contributed by atoms with van der Waals surface area (Å²) < 4.78 is 100. The third-order valence-corrected chi connectivity index (χ3v) is 8.13. The summed E-state index contributed by atoms with van der Waals surface area (Å²) in [4.78, 5) is 23.5. The number of carbonyl (C=O) groups excluding carboxylic acids is 2. The van der Waals surface area contributed by atoms with E-state index in [0.29, 0.717) is 5.75 Å². The number of hydrogen-bond donors (Lipinski definition) is 1. The minimum atomic E-state index is -6.37. The van der Waals surface area contributed by atoms with Crippen molar-refractivity contribution in [1.29, 1.82) is 0 Å². The summed E-state index contributed by atoms with van der Waals surface area (Å²) in [5.74, 6) is -6.47. The number of halogens is 4. The number of alkyl halides is 4. The third kappa shape index (κ3) is 9.45. The Morgan fingerprint density at radius 2 is 1.35 bits per heavy atom. The fourth-order valence-corrected chi connectivity index (χ4v) is 5.41. The van der Waals surface area contributed by atoms with E-state index in [2.05, 4.69) is 0 Å². The molecule has 8 nitrogen and oxygen atoms in total. The Bertz CT molecular complexity index is 1190. The molecule has 0 radical (unpaired) electrons. The van der Waals surface area contributed by atoms with Crippen molar-refractivity contribution < 1.29 is 54.3 Å². The Morgan fingerprint density at radius 1 is 0.865 bits per heavy atom. The number of esters is 2. The molecular weight excluding hydrogens is 640 g/mol. The molecule has 2 aromatic rings. The van der Waals surface area contributed by atoms with Crippen molar-refractivity contribution in [2.24, 2.45) is 0 Å². The average molecular weight is 664 g/mol. The molecule has 14 heteroatoms. The zero-order valence-electron chi connectivity index (χ0n) is 19.9. The first-order valence-corrected chi connectivity index (χ1v) is 14.3. The zero-order chi connectivity index (χ0) is 28.1. The van der Waals surface area contributed by atoms with Crippen molar-refractivity contribution >= 4 is 50.2 Å². The van der Waals surface area contributed by atoms with E-state index in [9.17, 15) is 35.6 Å². The van der Waals surface area contributed by atoms with Crippen LogP contribution in [0.25, 0.3) is 0 Å². The maximum atomic E-state index is 13.5. The molecule has 1 N–H and O–H groups in total. The predicted molar refractivity (Wildman–Crippen MR) is 126 cm³/mol. The van der Waals surface area contributed by atoms with Gasteiger partial charge in [0.1, 0.15) is 0 Å². The SMILES string of the molecule is CC(C)(C)OC(=O)COc1ccc([Te]c2ccc(OC(=O)CCC(F)(F)C(F)(F)S(=O)(=O)O)cc2)cc1. The molecule has 0 saturated carbocycles. The van der Waals surface area contributed by atoms with Crippen LogP contribution in [0.1, 0.15) is 33.6 Å². The van der Waals surface area contributed by atoms with Gasteiger partial charge in [0.25, 0.3) is 0 Å². The Balaban J connectivity index is 1.86. The molecule has 0 aliphatic heterocycles. The first-order chi connectivity index (χ1) is 16.9. The van der Waals surface area contributed by atoms with E-state index in [1.165, 1.54) is 12.1 Å². The summed E-state index contributed by atoms with van der Waals surface area (Å²) in [6.07, 6.45) is -3.06. The van der Waals surface area contributed by atoms with Crippen LogP contribution in [-0.4, -0.2) is 69.2 Å².